The summed E-state index contributed by atoms with van der Waals surface area (Å²) in [5.74, 6) is 1.68. The molecule has 128 valence electrons. The number of ether oxygens (including phenoxy) is 2. The number of rotatable bonds is 8. The second-order valence-corrected chi connectivity index (χ2v) is 5.94. The Bertz CT molecular complexity index is 635. The lowest BCUT2D eigenvalue weighted by atomic mass is 10.1. The number of methoxy groups -OCH3 is 1. The summed E-state index contributed by atoms with van der Waals surface area (Å²) >= 11 is 0. The van der Waals surface area contributed by atoms with E-state index in [2.05, 4.69) is 5.32 Å². The molecule has 0 heterocycles. The average Bonchev–Trinajstić information content (AvgIpc) is 2.60. The smallest absolute Gasteiger partial charge is 0.220 e. The van der Waals surface area contributed by atoms with E-state index in [1.807, 2.05) is 62.4 Å². The minimum atomic E-state index is -0.0327. The standard InChI is InChI=1S/C20H25NO3/c1-15-4-9-19(10-5-15)24-14-16(2)21-20(22)13-8-17-6-11-18(23-3)12-7-17/h4-7,9-12,16H,8,13-14H2,1-3H3,(H,21,22)/t16-/m0/s1. The van der Waals surface area contributed by atoms with Crippen LogP contribution in [0.4, 0.5) is 0 Å². The first-order valence-electron chi connectivity index (χ1n) is 8.18. The Labute approximate surface area is 143 Å². The molecule has 2 rings (SSSR count). The van der Waals surface area contributed by atoms with Gasteiger partial charge >= 0.3 is 0 Å². The van der Waals surface area contributed by atoms with Gasteiger partial charge in [-0.25, -0.2) is 0 Å². The van der Waals surface area contributed by atoms with Gasteiger partial charge in [-0.2, -0.15) is 0 Å². The van der Waals surface area contributed by atoms with E-state index in [-0.39, 0.29) is 11.9 Å². The molecule has 4 heteroatoms. The quantitative estimate of drug-likeness (QED) is 0.807. The second-order valence-electron chi connectivity index (χ2n) is 5.94. The van der Waals surface area contributed by atoms with Crippen molar-refractivity contribution >= 4 is 5.91 Å². The molecule has 0 aliphatic rings. The molecule has 0 spiro atoms. The Morgan fingerprint density at radius 2 is 1.67 bits per heavy atom. The average molecular weight is 327 g/mol. The molecule has 1 atom stereocenters. The first-order valence-corrected chi connectivity index (χ1v) is 8.18. The van der Waals surface area contributed by atoms with Gasteiger partial charge in [-0.15, -0.1) is 0 Å². The number of aryl methyl sites for hydroxylation is 2. The molecule has 0 saturated heterocycles. The number of hydrogen-bond donors (Lipinski definition) is 1. The summed E-state index contributed by atoms with van der Waals surface area (Å²) in [4.78, 5) is 12.0. The maximum Gasteiger partial charge on any atom is 0.220 e. The van der Waals surface area contributed by atoms with Gasteiger partial charge in [0.2, 0.25) is 5.91 Å². The summed E-state index contributed by atoms with van der Waals surface area (Å²) < 4.78 is 10.8. The van der Waals surface area contributed by atoms with Crippen LogP contribution >= 0.6 is 0 Å². The lowest BCUT2D eigenvalue weighted by Gasteiger charge is -2.15. The van der Waals surface area contributed by atoms with Crippen LogP contribution in [0.3, 0.4) is 0 Å². The molecule has 24 heavy (non-hydrogen) atoms. The maximum atomic E-state index is 12.0. The third kappa shape index (κ3) is 5.95. The number of carbonyl (C=O) groups excluding carboxylic acids is 1. The van der Waals surface area contributed by atoms with Crippen LogP contribution in [0.5, 0.6) is 11.5 Å². The van der Waals surface area contributed by atoms with Crippen LogP contribution < -0.4 is 14.8 Å². The summed E-state index contributed by atoms with van der Waals surface area (Å²) in [6.07, 6.45) is 1.17. The Balaban J connectivity index is 1.69. The Morgan fingerprint density at radius 1 is 1.04 bits per heavy atom. The molecule has 0 unspecified atom stereocenters. The van der Waals surface area contributed by atoms with Crippen molar-refractivity contribution in [2.24, 2.45) is 0 Å². The molecular formula is C20H25NO3. The first kappa shape index (κ1) is 17.9. The summed E-state index contributed by atoms with van der Waals surface area (Å²) in [5, 5.41) is 2.97. The molecule has 4 nitrogen and oxygen atoms in total. The van der Waals surface area contributed by atoms with Crippen molar-refractivity contribution in [3.8, 4) is 11.5 Å². The SMILES string of the molecule is COc1ccc(CCC(=O)N[C@@H](C)COc2ccc(C)cc2)cc1. The normalized spacial score (nSPS) is 11.6. The summed E-state index contributed by atoms with van der Waals surface area (Å²) in [6.45, 7) is 4.44. The fourth-order valence-corrected chi connectivity index (χ4v) is 2.29. The van der Waals surface area contributed by atoms with Gasteiger partial charge in [-0.1, -0.05) is 29.8 Å². The van der Waals surface area contributed by atoms with Crippen molar-refractivity contribution in [2.45, 2.75) is 32.7 Å². The van der Waals surface area contributed by atoms with Crippen LogP contribution in [0.2, 0.25) is 0 Å². The lowest BCUT2D eigenvalue weighted by molar-refractivity contribution is -0.121. The van der Waals surface area contributed by atoms with Crippen LogP contribution in [0, 0.1) is 6.92 Å². The molecule has 0 bridgehead atoms. The van der Waals surface area contributed by atoms with Crippen LogP contribution in [0.25, 0.3) is 0 Å². The Kier molecular flexibility index (Phi) is 6.67. The minimum absolute atomic E-state index is 0.0327. The molecular weight excluding hydrogens is 302 g/mol. The zero-order valence-corrected chi connectivity index (χ0v) is 14.5. The van der Waals surface area contributed by atoms with Gasteiger partial charge < -0.3 is 14.8 Å². The lowest BCUT2D eigenvalue weighted by Crippen LogP contribution is -2.36. The second kappa shape index (κ2) is 8.96. The van der Waals surface area contributed by atoms with Crippen LogP contribution in [0.15, 0.2) is 48.5 Å². The Morgan fingerprint density at radius 3 is 2.29 bits per heavy atom. The molecule has 0 fully saturated rings. The zero-order valence-electron chi connectivity index (χ0n) is 14.5. The van der Waals surface area contributed by atoms with Crippen molar-refractivity contribution < 1.29 is 14.3 Å². The molecule has 0 aromatic heterocycles. The minimum Gasteiger partial charge on any atom is -0.497 e. The first-order chi connectivity index (χ1) is 11.6. The number of hydrogen-bond acceptors (Lipinski definition) is 3. The van der Waals surface area contributed by atoms with E-state index >= 15 is 0 Å². The molecule has 0 saturated carbocycles. The highest BCUT2D eigenvalue weighted by atomic mass is 16.5. The maximum absolute atomic E-state index is 12.0. The van der Waals surface area contributed by atoms with Gasteiger partial charge in [0.1, 0.15) is 18.1 Å². The fourth-order valence-electron chi connectivity index (χ4n) is 2.29. The number of amides is 1. The number of nitrogens with one attached hydrogen (secondary N) is 1. The van der Waals surface area contributed by atoms with E-state index < -0.39 is 0 Å². The zero-order chi connectivity index (χ0) is 17.4. The van der Waals surface area contributed by atoms with E-state index in [0.29, 0.717) is 19.4 Å². The van der Waals surface area contributed by atoms with E-state index in [1.165, 1.54) is 5.56 Å². The highest BCUT2D eigenvalue weighted by molar-refractivity contribution is 5.76. The van der Waals surface area contributed by atoms with Crippen molar-refractivity contribution in [2.75, 3.05) is 13.7 Å². The van der Waals surface area contributed by atoms with Crippen molar-refractivity contribution in [1.29, 1.82) is 0 Å². The molecule has 0 aliphatic heterocycles. The summed E-state index contributed by atoms with van der Waals surface area (Å²) in [7, 11) is 1.64. The highest BCUT2D eigenvalue weighted by Gasteiger charge is 2.08. The van der Waals surface area contributed by atoms with E-state index in [4.69, 9.17) is 9.47 Å². The summed E-state index contributed by atoms with van der Waals surface area (Å²) in [5.41, 5.74) is 2.32. The molecule has 1 amide bonds. The van der Waals surface area contributed by atoms with Gasteiger partial charge in [0.05, 0.1) is 13.2 Å². The third-order valence-corrected chi connectivity index (χ3v) is 3.73. The van der Waals surface area contributed by atoms with Crippen LogP contribution in [0.1, 0.15) is 24.5 Å². The molecule has 0 radical (unpaired) electrons. The molecule has 2 aromatic rings. The van der Waals surface area contributed by atoms with Crippen molar-refractivity contribution in [3.63, 3.8) is 0 Å². The van der Waals surface area contributed by atoms with Gasteiger partial charge in [0, 0.05) is 6.42 Å². The molecule has 0 aliphatic carbocycles. The monoisotopic (exact) mass is 327 g/mol. The topological polar surface area (TPSA) is 47.6 Å². The highest BCUT2D eigenvalue weighted by Crippen LogP contribution is 2.13. The number of carbonyl (C=O) groups is 1. The van der Waals surface area contributed by atoms with Gasteiger partial charge in [-0.3, -0.25) is 4.79 Å². The summed E-state index contributed by atoms with van der Waals surface area (Å²) in [6, 6.07) is 15.6. The van der Waals surface area contributed by atoms with Gasteiger partial charge in [0.15, 0.2) is 0 Å². The van der Waals surface area contributed by atoms with Crippen LogP contribution in [-0.2, 0) is 11.2 Å². The van der Waals surface area contributed by atoms with E-state index in [9.17, 15) is 4.79 Å². The van der Waals surface area contributed by atoms with E-state index in [0.717, 1.165) is 17.1 Å². The van der Waals surface area contributed by atoms with Gasteiger partial charge in [0.25, 0.3) is 0 Å². The largest absolute Gasteiger partial charge is 0.497 e. The third-order valence-electron chi connectivity index (χ3n) is 3.73. The molecule has 2 aromatic carbocycles. The fraction of sp³-hybridized carbons (Fsp3) is 0.350. The van der Waals surface area contributed by atoms with Crippen LogP contribution in [-0.4, -0.2) is 25.7 Å². The van der Waals surface area contributed by atoms with E-state index in [1.54, 1.807) is 7.11 Å². The van der Waals surface area contributed by atoms with Gasteiger partial charge in [-0.05, 0) is 50.1 Å². The van der Waals surface area contributed by atoms with Crippen molar-refractivity contribution in [3.05, 3.63) is 59.7 Å². The predicted molar refractivity (Wildman–Crippen MR) is 95.6 cm³/mol. The Hall–Kier alpha value is -2.49. The molecule has 1 N–H and O–H groups in total. The predicted octanol–water partition coefficient (Wildman–Crippen LogP) is 3.52. The van der Waals surface area contributed by atoms with Crippen molar-refractivity contribution in [1.82, 2.24) is 5.32 Å². The number of benzene rings is 2.